The van der Waals surface area contributed by atoms with Crippen molar-refractivity contribution >= 4 is 50.6 Å². The van der Waals surface area contributed by atoms with Gasteiger partial charge in [-0.1, -0.05) is 133 Å². The van der Waals surface area contributed by atoms with Crippen LogP contribution in [0.15, 0.2) is 140 Å². The Kier molecular flexibility index (Phi) is 4.44. The first-order valence-electron chi connectivity index (χ1n) is 14.1. The summed E-state index contributed by atoms with van der Waals surface area (Å²) in [6, 6.07) is 50.7. The van der Waals surface area contributed by atoms with Crippen LogP contribution in [0.2, 0.25) is 0 Å². The summed E-state index contributed by atoms with van der Waals surface area (Å²) in [5.74, 6) is 0. The lowest BCUT2D eigenvalue weighted by molar-refractivity contribution is 0.750. The summed E-state index contributed by atoms with van der Waals surface area (Å²) in [5.41, 5.74) is 12.9. The van der Waals surface area contributed by atoms with Crippen molar-refractivity contribution in [1.29, 1.82) is 0 Å². The van der Waals surface area contributed by atoms with Crippen LogP contribution >= 0.6 is 0 Å². The molecule has 2 aliphatic rings. The van der Waals surface area contributed by atoms with Crippen molar-refractivity contribution in [2.75, 3.05) is 0 Å². The highest BCUT2D eigenvalue weighted by Crippen LogP contribution is 2.48. The van der Waals surface area contributed by atoms with Crippen molar-refractivity contribution < 1.29 is 0 Å². The second-order valence-corrected chi connectivity index (χ2v) is 11.1. The number of fused-ring (bicyclic) bond motifs is 7. The fraction of sp³-hybridized carbons (Fsp3) is 0.0263. The smallest absolute Gasteiger partial charge is 0.247 e. The molecule has 188 valence electrons. The SMILES string of the molecule is [C-]#[N+]c1cccc2c1c1cccc3c1n2-c1cccc2c1B3c1ccccc1C2(c1ccccc1)c1ccccc1. The maximum absolute atomic E-state index is 7.96. The van der Waals surface area contributed by atoms with E-state index in [1.165, 1.54) is 49.8 Å². The lowest BCUT2D eigenvalue weighted by Gasteiger charge is -2.46. The van der Waals surface area contributed by atoms with Gasteiger partial charge in [-0.15, -0.1) is 0 Å². The standard InChI is InChI=1S/C38H23BN2/c1-40-32-22-12-23-33-35(32)27-17-10-21-31-37(27)41(33)34-24-11-19-29-36(34)39(31)30-20-9-8-18-28(30)38(29,25-13-4-2-5-14-25)26-15-6-3-7-16-26/h2-24H. The summed E-state index contributed by atoms with van der Waals surface area (Å²) >= 11 is 0. The van der Waals surface area contributed by atoms with Crippen LogP contribution in [0.5, 0.6) is 0 Å². The van der Waals surface area contributed by atoms with Crippen LogP contribution in [0.25, 0.3) is 32.3 Å². The highest BCUT2D eigenvalue weighted by Gasteiger charge is 2.50. The Balaban J connectivity index is 1.53. The van der Waals surface area contributed by atoms with Gasteiger partial charge >= 0.3 is 0 Å². The Labute approximate surface area is 239 Å². The van der Waals surface area contributed by atoms with E-state index >= 15 is 0 Å². The number of nitrogens with zero attached hydrogens (tertiary/aromatic N) is 2. The molecule has 0 unspecified atom stereocenters. The topological polar surface area (TPSA) is 9.29 Å². The molecule has 9 rings (SSSR count). The normalized spacial score (nSPS) is 14.0. The molecule has 0 atom stereocenters. The molecule has 3 heteroatoms. The maximum atomic E-state index is 7.96. The first-order chi connectivity index (χ1) is 20.3. The molecule has 0 saturated heterocycles. The number of aromatic nitrogens is 1. The second kappa shape index (κ2) is 8.10. The van der Waals surface area contributed by atoms with Crippen molar-refractivity contribution in [3.63, 3.8) is 0 Å². The molecule has 0 amide bonds. The van der Waals surface area contributed by atoms with Crippen molar-refractivity contribution in [3.8, 4) is 5.69 Å². The monoisotopic (exact) mass is 518 g/mol. The quantitative estimate of drug-likeness (QED) is 0.175. The summed E-state index contributed by atoms with van der Waals surface area (Å²) < 4.78 is 2.43. The molecule has 0 aliphatic carbocycles. The Hall–Kier alpha value is -5.33. The Morgan fingerprint density at radius 2 is 1.22 bits per heavy atom. The first-order valence-corrected chi connectivity index (χ1v) is 14.1. The second-order valence-electron chi connectivity index (χ2n) is 11.1. The molecule has 7 aromatic rings. The van der Waals surface area contributed by atoms with Gasteiger partial charge in [-0.05, 0) is 50.7 Å². The summed E-state index contributed by atoms with van der Waals surface area (Å²) in [4.78, 5) is 3.95. The zero-order valence-corrected chi connectivity index (χ0v) is 22.3. The van der Waals surface area contributed by atoms with Crippen LogP contribution in [-0.4, -0.2) is 11.3 Å². The number of hydrogen-bond donors (Lipinski definition) is 0. The Bertz CT molecular complexity index is 2180. The third-order valence-electron chi connectivity index (χ3n) is 9.36. The largest absolute Gasteiger partial charge is 0.312 e. The minimum Gasteiger partial charge on any atom is -0.312 e. The fourth-order valence-corrected chi connectivity index (χ4v) is 7.96. The van der Waals surface area contributed by atoms with Gasteiger partial charge in [0.2, 0.25) is 6.71 Å². The molecule has 0 spiro atoms. The lowest BCUT2D eigenvalue weighted by atomic mass is 9.29. The molecule has 0 bridgehead atoms. The summed E-state index contributed by atoms with van der Waals surface area (Å²) in [5, 5.41) is 2.20. The van der Waals surface area contributed by atoms with Crippen molar-refractivity contribution in [1.82, 2.24) is 4.57 Å². The molecular weight excluding hydrogens is 495 g/mol. The first kappa shape index (κ1) is 22.5. The molecular formula is C38H23BN2. The van der Waals surface area contributed by atoms with Gasteiger partial charge in [0.05, 0.1) is 12.0 Å². The zero-order chi connectivity index (χ0) is 27.1. The van der Waals surface area contributed by atoms with Crippen molar-refractivity contribution in [2.45, 2.75) is 5.41 Å². The average molecular weight is 518 g/mol. The average Bonchev–Trinajstić information content (AvgIpc) is 3.39. The van der Waals surface area contributed by atoms with Gasteiger partial charge < -0.3 is 4.57 Å². The van der Waals surface area contributed by atoms with E-state index in [2.05, 4.69) is 137 Å². The van der Waals surface area contributed by atoms with E-state index < -0.39 is 5.41 Å². The lowest BCUT2D eigenvalue weighted by Crippen LogP contribution is -2.64. The minimum absolute atomic E-state index is 0.0925. The van der Waals surface area contributed by atoms with E-state index in [9.17, 15) is 0 Å². The molecule has 0 saturated carbocycles. The van der Waals surface area contributed by atoms with Crippen LogP contribution in [0.1, 0.15) is 22.3 Å². The van der Waals surface area contributed by atoms with Crippen LogP contribution in [0.3, 0.4) is 0 Å². The number of hydrogen-bond acceptors (Lipinski definition) is 0. The van der Waals surface area contributed by atoms with E-state index in [0.717, 1.165) is 16.3 Å². The predicted octanol–water partition coefficient (Wildman–Crippen LogP) is 6.86. The zero-order valence-electron chi connectivity index (χ0n) is 22.3. The van der Waals surface area contributed by atoms with E-state index in [4.69, 9.17) is 6.57 Å². The van der Waals surface area contributed by atoms with E-state index in [-0.39, 0.29) is 6.71 Å². The molecule has 6 aromatic carbocycles. The van der Waals surface area contributed by atoms with Gasteiger partial charge in [-0.2, -0.15) is 0 Å². The molecule has 0 fully saturated rings. The highest BCUT2D eigenvalue weighted by molar-refractivity contribution is 6.99. The summed E-state index contributed by atoms with van der Waals surface area (Å²) in [6.45, 7) is 8.05. The third-order valence-corrected chi connectivity index (χ3v) is 9.36. The third kappa shape index (κ3) is 2.67. The van der Waals surface area contributed by atoms with Gasteiger partial charge in [-0.25, -0.2) is 4.85 Å². The van der Waals surface area contributed by atoms with Crippen LogP contribution in [0, 0.1) is 6.57 Å². The minimum atomic E-state index is -0.475. The molecule has 0 radical (unpaired) electrons. The van der Waals surface area contributed by atoms with Crippen LogP contribution < -0.4 is 16.4 Å². The summed E-state index contributed by atoms with van der Waals surface area (Å²) in [7, 11) is 0. The van der Waals surface area contributed by atoms with Gasteiger partial charge in [0.1, 0.15) is 0 Å². The predicted molar refractivity (Wildman–Crippen MR) is 170 cm³/mol. The van der Waals surface area contributed by atoms with E-state index in [0.29, 0.717) is 5.69 Å². The molecule has 1 aromatic heterocycles. The number of rotatable bonds is 2. The molecule has 2 aliphatic heterocycles. The number of benzene rings is 6. The molecule has 41 heavy (non-hydrogen) atoms. The molecule has 0 N–H and O–H groups in total. The van der Waals surface area contributed by atoms with Crippen LogP contribution in [-0.2, 0) is 5.41 Å². The van der Waals surface area contributed by atoms with Gasteiger partial charge in [-0.3, -0.25) is 0 Å². The van der Waals surface area contributed by atoms with Crippen LogP contribution in [0.4, 0.5) is 5.69 Å². The van der Waals surface area contributed by atoms with Gasteiger partial charge in [0.15, 0.2) is 5.69 Å². The van der Waals surface area contributed by atoms with Gasteiger partial charge in [0.25, 0.3) is 0 Å². The Morgan fingerprint density at radius 3 is 1.98 bits per heavy atom. The fourth-order valence-electron chi connectivity index (χ4n) is 7.96. The molecule has 2 nitrogen and oxygen atoms in total. The Morgan fingerprint density at radius 1 is 0.585 bits per heavy atom. The summed E-state index contributed by atoms with van der Waals surface area (Å²) in [6.07, 6.45) is 0. The van der Waals surface area contributed by atoms with E-state index in [1.807, 2.05) is 12.1 Å². The van der Waals surface area contributed by atoms with Crippen molar-refractivity contribution in [3.05, 3.63) is 173 Å². The van der Waals surface area contributed by atoms with E-state index in [1.54, 1.807) is 0 Å². The van der Waals surface area contributed by atoms with Gasteiger partial charge in [0, 0.05) is 22.1 Å². The van der Waals surface area contributed by atoms with Crippen molar-refractivity contribution in [2.24, 2.45) is 0 Å². The molecule has 3 heterocycles. The number of para-hydroxylation sites is 1. The highest BCUT2D eigenvalue weighted by atomic mass is 15.0. The maximum Gasteiger partial charge on any atom is 0.247 e.